The van der Waals surface area contributed by atoms with Crippen molar-refractivity contribution in [1.82, 2.24) is 19.5 Å². The Bertz CT molecular complexity index is 1190. The highest BCUT2D eigenvalue weighted by Gasteiger charge is 2.29. The van der Waals surface area contributed by atoms with E-state index in [2.05, 4.69) is 34.1 Å². The Hall–Kier alpha value is -2.55. The van der Waals surface area contributed by atoms with E-state index < -0.39 is 0 Å². The summed E-state index contributed by atoms with van der Waals surface area (Å²) in [6.07, 6.45) is 38.7. The highest BCUT2D eigenvalue weighted by atomic mass is 16.6. The molecule has 1 N–H and O–H groups in total. The number of aromatic nitrogens is 4. The minimum atomic E-state index is -0.246. The molecule has 2 aromatic rings. The zero-order valence-electron chi connectivity index (χ0n) is 32.7. The molecule has 1 saturated heterocycles. The average Bonchev–Trinajstić information content (AvgIpc) is 3.79. The van der Waals surface area contributed by atoms with Crippen molar-refractivity contribution in [2.24, 2.45) is 0 Å². The fourth-order valence-corrected chi connectivity index (χ4v) is 7.21. The van der Waals surface area contributed by atoms with Crippen LogP contribution in [0.25, 0.3) is 11.2 Å². The van der Waals surface area contributed by atoms with Crippen molar-refractivity contribution in [3.8, 4) is 0 Å². The fourth-order valence-electron chi connectivity index (χ4n) is 7.21. The number of anilines is 1. The lowest BCUT2D eigenvalue weighted by atomic mass is 10.0. The topological polar surface area (TPSA) is 108 Å². The molecule has 1 amide bonds. The van der Waals surface area contributed by atoms with Crippen LogP contribution in [-0.4, -0.2) is 44.1 Å². The molecule has 2 atom stereocenters. The van der Waals surface area contributed by atoms with Gasteiger partial charge in [-0.25, -0.2) is 15.0 Å². The number of carbonyl (C=O) groups excluding carboxylic acids is 2. The number of hydrogen-bond donors (Lipinski definition) is 1. The van der Waals surface area contributed by atoms with Crippen molar-refractivity contribution in [1.29, 1.82) is 0 Å². The van der Waals surface area contributed by atoms with Crippen molar-refractivity contribution in [3.63, 3.8) is 0 Å². The Kier molecular flexibility index (Phi) is 23.5. The van der Waals surface area contributed by atoms with Crippen LogP contribution >= 0.6 is 0 Å². The lowest BCUT2D eigenvalue weighted by molar-refractivity contribution is -0.148. The molecule has 0 saturated carbocycles. The maximum absolute atomic E-state index is 12.7. The van der Waals surface area contributed by atoms with Crippen molar-refractivity contribution in [2.45, 2.75) is 219 Å². The van der Waals surface area contributed by atoms with E-state index in [4.69, 9.17) is 9.47 Å². The van der Waals surface area contributed by atoms with Crippen LogP contribution in [0.15, 0.2) is 12.7 Å². The summed E-state index contributed by atoms with van der Waals surface area (Å²) in [6, 6.07) is 0. The van der Waals surface area contributed by atoms with Crippen molar-refractivity contribution in [2.75, 3.05) is 11.9 Å². The lowest BCUT2D eigenvalue weighted by Gasteiger charge is -2.15. The zero-order chi connectivity index (χ0) is 36.2. The summed E-state index contributed by atoms with van der Waals surface area (Å²) in [7, 11) is 0. The fraction of sp³-hybridized carbons (Fsp3) is 0.833. The van der Waals surface area contributed by atoms with Gasteiger partial charge in [0.25, 0.3) is 0 Å². The molecule has 1 aliphatic rings. The minimum Gasteiger partial charge on any atom is -0.463 e. The largest absolute Gasteiger partial charge is 0.463 e. The van der Waals surface area contributed by atoms with E-state index in [1.165, 1.54) is 148 Å². The monoisotopic (exact) mass is 712 g/mol. The summed E-state index contributed by atoms with van der Waals surface area (Å²) < 4.78 is 13.7. The molecule has 0 aliphatic carbocycles. The van der Waals surface area contributed by atoms with E-state index in [9.17, 15) is 9.59 Å². The van der Waals surface area contributed by atoms with Crippen LogP contribution in [0.5, 0.6) is 0 Å². The van der Waals surface area contributed by atoms with Gasteiger partial charge in [-0.1, -0.05) is 168 Å². The van der Waals surface area contributed by atoms with Gasteiger partial charge in [0.05, 0.1) is 12.4 Å². The van der Waals surface area contributed by atoms with Crippen LogP contribution in [-0.2, 0) is 19.1 Å². The molecule has 3 rings (SSSR count). The Morgan fingerprint density at radius 3 is 1.69 bits per heavy atom. The van der Waals surface area contributed by atoms with Gasteiger partial charge in [-0.05, 0) is 25.7 Å². The second-order valence-electron chi connectivity index (χ2n) is 15.1. The maximum atomic E-state index is 12.7. The van der Waals surface area contributed by atoms with Crippen LogP contribution < -0.4 is 5.32 Å². The van der Waals surface area contributed by atoms with Crippen molar-refractivity contribution < 1.29 is 19.1 Å². The molecule has 9 nitrogen and oxygen atoms in total. The lowest BCUT2D eigenvalue weighted by Crippen LogP contribution is -2.19. The number of amides is 1. The number of imidazole rings is 1. The predicted octanol–water partition coefficient (Wildman–Crippen LogP) is 11.9. The molecule has 51 heavy (non-hydrogen) atoms. The molecular weight excluding hydrogens is 638 g/mol. The van der Waals surface area contributed by atoms with E-state index >= 15 is 0 Å². The van der Waals surface area contributed by atoms with Gasteiger partial charge in [-0.3, -0.25) is 14.2 Å². The minimum absolute atomic E-state index is 0.0366. The summed E-state index contributed by atoms with van der Waals surface area (Å²) >= 11 is 0. The summed E-state index contributed by atoms with van der Waals surface area (Å²) in [5, 5.41) is 2.95. The number of carbonyl (C=O) groups is 2. The highest BCUT2D eigenvalue weighted by Crippen LogP contribution is 2.31. The van der Waals surface area contributed by atoms with E-state index in [0.717, 1.165) is 38.5 Å². The van der Waals surface area contributed by atoms with Gasteiger partial charge in [0, 0.05) is 12.8 Å². The van der Waals surface area contributed by atoms with Crippen molar-refractivity contribution >= 4 is 28.9 Å². The second-order valence-corrected chi connectivity index (χ2v) is 15.1. The standard InChI is InChI=1S/C42H73N5O4/c1-3-5-7-9-11-13-15-17-19-21-23-25-27-29-37(48)46-41-40-42(44-34-43-41)47(35-45-40)38-32-31-36(51-38)33-50-39(49)30-28-26-24-22-20-18-16-14-12-10-8-6-4-2/h34-36,38H,3-33H2,1-2H3,(H,43,44,46,48)/t36-,38+/m0/s1. The van der Waals surface area contributed by atoms with Gasteiger partial charge >= 0.3 is 5.97 Å². The molecule has 0 radical (unpaired) electrons. The van der Waals surface area contributed by atoms with Crippen LogP contribution in [0.2, 0.25) is 0 Å². The predicted molar refractivity (Wildman–Crippen MR) is 209 cm³/mol. The average molecular weight is 712 g/mol. The van der Waals surface area contributed by atoms with Crippen LogP contribution in [0.1, 0.15) is 213 Å². The molecule has 0 bridgehead atoms. The van der Waals surface area contributed by atoms with Gasteiger partial charge in [-0.15, -0.1) is 0 Å². The van der Waals surface area contributed by atoms with Gasteiger partial charge in [0.15, 0.2) is 17.0 Å². The normalized spacial score (nSPS) is 15.9. The molecule has 1 aliphatic heterocycles. The molecule has 3 heterocycles. The Labute approximate surface area is 310 Å². The smallest absolute Gasteiger partial charge is 0.305 e. The number of hydrogen-bond acceptors (Lipinski definition) is 7. The zero-order valence-corrected chi connectivity index (χ0v) is 32.7. The summed E-state index contributed by atoms with van der Waals surface area (Å²) in [6.45, 7) is 4.81. The van der Waals surface area contributed by atoms with Crippen LogP contribution in [0.4, 0.5) is 5.82 Å². The number of unbranched alkanes of at least 4 members (excludes halogenated alkanes) is 24. The van der Waals surface area contributed by atoms with Gasteiger partial charge < -0.3 is 14.8 Å². The Morgan fingerprint density at radius 1 is 0.667 bits per heavy atom. The Morgan fingerprint density at radius 2 is 1.16 bits per heavy atom. The third-order valence-corrected chi connectivity index (χ3v) is 10.4. The molecule has 9 heteroatoms. The van der Waals surface area contributed by atoms with Crippen molar-refractivity contribution in [3.05, 3.63) is 12.7 Å². The van der Waals surface area contributed by atoms with E-state index in [-0.39, 0.29) is 30.8 Å². The molecule has 0 spiro atoms. The molecule has 2 aromatic heterocycles. The van der Waals surface area contributed by atoms with E-state index in [0.29, 0.717) is 29.8 Å². The third kappa shape index (κ3) is 18.7. The first-order chi connectivity index (χ1) is 25.1. The number of esters is 1. The first kappa shape index (κ1) is 42.9. The Balaban J connectivity index is 1.22. The number of fused-ring (bicyclic) bond motifs is 1. The third-order valence-electron chi connectivity index (χ3n) is 10.4. The maximum Gasteiger partial charge on any atom is 0.305 e. The van der Waals surface area contributed by atoms with Crippen LogP contribution in [0, 0.1) is 0 Å². The quantitative estimate of drug-likeness (QED) is 0.0594. The highest BCUT2D eigenvalue weighted by molar-refractivity contribution is 5.96. The molecule has 290 valence electrons. The van der Waals surface area contributed by atoms with Gasteiger partial charge in [0.1, 0.15) is 19.2 Å². The number of ether oxygens (including phenoxy) is 2. The molecule has 1 fully saturated rings. The summed E-state index contributed by atoms with van der Waals surface area (Å²) in [5.41, 5.74) is 1.19. The number of nitrogens with zero attached hydrogens (tertiary/aromatic N) is 4. The van der Waals surface area contributed by atoms with Gasteiger partial charge in [0.2, 0.25) is 5.91 Å². The molecule has 0 aromatic carbocycles. The molecular formula is C42H73N5O4. The first-order valence-electron chi connectivity index (χ1n) is 21.4. The summed E-state index contributed by atoms with van der Waals surface area (Å²) in [4.78, 5) is 38.4. The molecule has 0 unspecified atom stereocenters. The van der Waals surface area contributed by atoms with E-state index in [1.54, 1.807) is 6.33 Å². The van der Waals surface area contributed by atoms with E-state index in [1.807, 2.05) is 4.57 Å². The number of nitrogens with one attached hydrogen (secondary N) is 1. The second kappa shape index (κ2) is 28.0. The van der Waals surface area contributed by atoms with Crippen LogP contribution in [0.3, 0.4) is 0 Å². The first-order valence-corrected chi connectivity index (χ1v) is 21.4. The SMILES string of the molecule is CCCCCCCCCCCCCCCC(=O)Nc1ncnc2c1ncn2[C@H]1CC[C@@H](COC(=O)CCCCCCCCCCCCCCC)O1. The summed E-state index contributed by atoms with van der Waals surface area (Å²) in [5.74, 6) is 0.269. The van der Waals surface area contributed by atoms with Gasteiger partial charge in [-0.2, -0.15) is 0 Å². The number of rotatable bonds is 32.